The summed E-state index contributed by atoms with van der Waals surface area (Å²) in [6, 6.07) is 16.5. The number of hydrogen-bond donors (Lipinski definition) is 1. The lowest BCUT2D eigenvalue weighted by molar-refractivity contribution is -0.119. The van der Waals surface area contributed by atoms with E-state index < -0.39 is 11.9 Å². The van der Waals surface area contributed by atoms with Gasteiger partial charge in [0.1, 0.15) is 4.88 Å². The van der Waals surface area contributed by atoms with E-state index in [1.807, 2.05) is 42.6 Å². The van der Waals surface area contributed by atoms with Gasteiger partial charge in [0, 0.05) is 16.3 Å². The van der Waals surface area contributed by atoms with Crippen molar-refractivity contribution < 1.29 is 14.3 Å². The molecule has 1 heterocycles. The predicted molar refractivity (Wildman–Crippen MR) is 105 cm³/mol. The molecule has 3 rings (SSSR count). The minimum absolute atomic E-state index is 0.354. The molecule has 3 aromatic rings. The number of anilines is 1. The van der Waals surface area contributed by atoms with Crippen LogP contribution in [0.3, 0.4) is 0 Å². The zero-order chi connectivity index (χ0) is 18.5. The first-order valence-corrected chi connectivity index (χ1v) is 9.16. The van der Waals surface area contributed by atoms with E-state index in [9.17, 15) is 9.59 Å². The Hall–Kier alpha value is -2.63. The second-order valence-electron chi connectivity index (χ2n) is 5.66. The third-order valence-electron chi connectivity index (χ3n) is 3.68. The van der Waals surface area contributed by atoms with Crippen LogP contribution in [0.25, 0.3) is 11.1 Å². The first-order chi connectivity index (χ1) is 12.5. The second kappa shape index (κ2) is 8.17. The van der Waals surface area contributed by atoms with Gasteiger partial charge in [-0.15, -0.1) is 11.3 Å². The molecule has 0 aliphatic rings. The van der Waals surface area contributed by atoms with Gasteiger partial charge in [0.25, 0.3) is 5.91 Å². The number of rotatable bonds is 5. The number of benzene rings is 2. The number of thiophene rings is 1. The minimum atomic E-state index is -0.512. The maximum Gasteiger partial charge on any atom is 0.349 e. The maximum absolute atomic E-state index is 12.4. The van der Waals surface area contributed by atoms with Gasteiger partial charge in [0.15, 0.2) is 6.61 Å². The van der Waals surface area contributed by atoms with E-state index in [1.165, 1.54) is 11.3 Å². The average molecular weight is 386 g/mol. The normalized spacial score (nSPS) is 10.4. The molecular formula is C20H16ClNO3S. The summed E-state index contributed by atoms with van der Waals surface area (Å²) >= 11 is 7.09. The SMILES string of the molecule is Cc1ccc(-c2ccsc2C(=O)OCC(=O)Nc2ccc(Cl)cc2)cc1. The molecule has 1 N–H and O–H groups in total. The van der Waals surface area contributed by atoms with Crippen LogP contribution in [-0.4, -0.2) is 18.5 Å². The molecule has 26 heavy (non-hydrogen) atoms. The number of carbonyl (C=O) groups is 2. The number of aryl methyl sites for hydroxylation is 1. The van der Waals surface area contributed by atoms with Crippen molar-refractivity contribution >= 4 is 40.5 Å². The highest BCUT2D eigenvalue weighted by atomic mass is 35.5. The van der Waals surface area contributed by atoms with Crippen molar-refractivity contribution in [1.82, 2.24) is 0 Å². The Labute approximate surface area is 160 Å². The van der Waals surface area contributed by atoms with Crippen molar-refractivity contribution in [2.45, 2.75) is 6.92 Å². The second-order valence-corrected chi connectivity index (χ2v) is 7.01. The highest BCUT2D eigenvalue weighted by Crippen LogP contribution is 2.29. The van der Waals surface area contributed by atoms with E-state index in [-0.39, 0.29) is 6.61 Å². The smallest absolute Gasteiger partial charge is 0.349 e. The maximum atomic E-state index is 12.4. The van der Waals surface area contributed by atoms with E-state index in [1.54, 1.807) is 24.3 Å². The Morgan fingerprint density at radius 2 is 1.73 bits per heavy atom. The summed E-state index contributed by atoms with van der Waals surface area (Å²) in [5.74, 6) is -0.920. The standard InChI is InChI=1S/C20H16ClNO3S/c1-13-2-4-14(5-3-13)17-10-11-26-19(17)20(24)25-12-18(23)22-16-8-6-15(21)7-9-16/h2-11H,12H2,1H3,(H,22,23). The lowest BCUT2D eigenvalue weighted by atomic mass is 10.1. The number of nitrogens with one attached hydrogen (secondary N) is 1. The molecule has 0 radical (unpaired) electrons. The van der Waals surface area contributed by atoms with Gasteiger partial charge in [-0.2, -0.15) is 0 Å². The van der Waals surface area contributed by atoms with E-state index >= 15 is 0 Å². The quantitative estimate of drug-likeness (QED) is 0.616. The van der Waals surface area contributed by atoms with Crippen LogP contribution in [0.5, 0.6) is 0 Å². The average Bonchev–Trinajstić information content (AvgIpc) is 3.12. The van der Waals surface area contributed by atoms with Gasteiger partial charge in [-0.25, -0.2) is 4.79 Å². The largest absolute Gasteiger partial charge is 0.451 e. The molecule has 132 valence electrons. The lowest BCUT2D eigenvalue weighted by Crippen LogP contribution is -2.20. The fourth-order valence-corrected chi connectivity index (χ4v) is 3.29. The zero-order valence-corrected chi connectivity index (χ0v) is 15.6. The van der Waals surface area contributed by atoms with E-state index in [0.29, 0.717) is 15.6 Å². The van der Waals surface area contributed by atoms with Crippen LogP contribution < -0.4 is 5.32 Å². The molecule has 0 fully saturated rings. The Morgan fingerprint density at radius 3 is 2.42 bits per heavy atom. The summed E-state index contributed by atoms with van der Waals surface area (Å²) in [5, 5.41) is 5.06. The third-order valence-corrected chi connectivity index (χ3v) is 4.82. The summed E-state index contributed by atoms with van der Waals surface area (Å²) in [4.78, 5) is 24.8. The van der Waals surface area contributed by atoms with Crippen molar-refractivity contribution in [2.24, 2.45) is 0 Å². The molecule has 0 aliphatic carbocycles. The van der Waals surface area contributed by atoms with Crippen LogP contribution in [0.4, 0.5) is 5.69 Å². The molecule has 0 saturated heterocycles. The first-order valence-electron chi connectivity index (χ1n) is 7.90. The highest BCUT2D eigenvalue weighted by molar-refractivity contribution is 7.12. The lowest BCUT2D eigenvalue weighted by Gasteiger charge is -2.07. The molecule has 0 spiro atoms. The number of carbonyl (C=O) groups excluding carboxylic acids is 2. The molecule has 0 aliphatic heterocycles. The van der Waals surface area contributed by atoms with Gasteiger partial charge in [0.05, 0.1) is 0 Å². The molecular weight excluding hydrogens is 370 g/mol. The van der Waals surface area contributed by atoms with Crippen LogP contribution in [0.15, 0.2) is 60.0 Å². The van der Waals surface area contributed by atoms with Gasteiger partial charge in [0.2, 0.25) is 0 Å². The Bertz CT molecular complexity index is 917. The van der Waals surface area contributed by atoms with Gasteiger partial charge < -0.3 is 10.1 Å². The Morgan fingerprint density at radius 1 is 1.04 bits per heavy atom. The number of ether oxygens (including phenoxy) is 1. The van der Waals surface area contributed by atoms with Crippen molar-refractivity contribution in [3.05, 3.63) is 75.4 Å². The van der Waals surface area contributed by atoms with Gasteiger partial charge >= 0.3 is 5.97 Å². The van der Waals surface area contributed by atoms with Crippen molar-refractivity contribution in [2.75, 3.05) is 11.9 Å². The monoisotopic (exact) mass is 385 g/mol. The summed E-state index contributed by atoms with van der Waals surface area (Å²) < 4.78 is 5.16. The van der Waals surface area contributed by atoms with Gasteiger partial charge in [-0.05, 0) is 48.2 Å². The molecule has 2 aromatic carbocycles. The van der Waals surface area contributed by atoms with E-state index in [4.69, 9.17) is 16.3 Å². The Balaban J connectivity index is 1.62. The number of hydrogen-bond acceptors (Lipinski definition) is 4. The van der Waals surface area contributed by atoms with Crippen LogP contribution in [0.1, 0.15) is 15.2 Å². The van der Waals surface area contributed by atoms with Gasteiger partial charge in [-0.1, -0.05) is 41.4 Å². The number of esters is 1. The summed E-state index contributed by atoms with van der Waals surface area (Å²) in [6.45, 7) is 1.65. The third kappa shape index (κ3) is 4.50. The fourth-order valence-electron chi connectivity index (χ4n) is 2.35. The van der Waals surface area contributed by atoms with E-state index in [2.05, 4.69) is 5.32 Å². The molecule has 0 atom stereocenters. The molecule has 1 aromatic heterocycles. The molecule has 6 heteroatoms. The summed E-state index contributed by atoms with van der Waals surface area (Å²) in [6.07, 6.45) is 0. The Kier molecular flexibility index (Phi) is 5.71. The van der Waals surface area contributed by atoms with Crippen molar-refractivity contribution in [3.8, 4) is 11.1 Å². The first kappa shape index (κ1) is 18.2. The fraction of sp³-hybridized carbons (Fsp3) is 0.100. The molecule has 1 amide bonds. The highest BCUT2D eigenvalue weighted by Gasteiger charge is 2.17. The number of halogens is 1. The van der Waals surface area contributed by atoms with Crippen LogP contribution in [-0.2, 0) is 9.53 Å². The minimum Gasteiger partial charge on any atom is -0.451 e. The van der Waals surface area contributed by atoms with Crippen LogP contribution in [0, 0.1) is 6.92 Å². The molecule has 0 saturated carbocycles. The van der Waals surface area contributed by atoms with E-state index in [0.717, 1.165) is 16.7 Å². The number of amides is 1. The predicted octanol–water partition coefficient (Wildman–Crippen LogP) is 5.17. The molecule has 4 nitrogen and oxygen atoms in total. The van der Waals surface area contributed by atoms with Crippen LogP contribution in [0.2, 0.25) is 5.02 Å². The topological polar surface area (TPSA) is 55.4 Å². The summed E-state index contributed by atoms with van der Waals surface area (Å²) in [5.41, 5.74) is 3.48. The van der Waals surface area contributed by atoms with Crippen molar-refractivity contribution in [1.29, 1.82) is 0 Å². The molecule has 0 unspecified atom stereocenters. The van der Waals surface area contributed by atoms with Gasteiger partial charge in [-0.3, -0.25) is 4.79 Å². The zero-order valence-electron chi connectivity index (χ0n) is 14.0. The molecule has 0 bridgehead atoms. The van der Waals surface area contributed by atoms with Crippen LogP contribution >= 0.6 is 22.9 Å². The van der Waals surface area contributed by atoms with Crippen molar-refractivity contribution in [3.63, 3.8) is 0 Å². The summed E-state index contributed by atoms with van der Waals surface area (Å²) in [7, 11) is 0.